The van der Waals surface area contributed by atoms with E-state index < -0.39 is 21.7 Å². The molecular formula is C17H21FN4O4S2. The predicted octanol–water partition coefficient (Wildman–Crippen LogP) is 2.26. The molecule has 1 aromatic heterocycles. The van der Waals surface area contributed by atoms with Crippen molar-refractivity contribution in [2.75, 3.05) is 32.2 Å². The van der Waals surface area contributed by atoms with Gasteiger partial charge in [0, 0.05) is 33.3 Å². The number of rotatable bonds is 6. The lowest BCUT2D eigenvalue weighted by molar-refractivity contribution is -0.128. The quantitative estimate of drug-likeness (QED) is 0.734. The largest absolute Gasteiger partial charge is 0.349 e. The van der Waals surface area contributed by atoms with Gasteiger partial charge in [-0.05, 0) is 24.6 Å². The molecule has 0 aliphatic rings. The molecule has 0 atom stereocenters. The van der Waals surface area contributed by atoms with Crippen molar-refractivity contribution in [3.8, 4) is 10.4 Å². The summed E-state index contributed by atoms with van der Waals surface area (Å²) >= 11 is 1.13. The number of hydrogen-bond acceptors (Lipinski definition) is 6. The van der Waals surface area contributed by atoms with Gasteiger partial charge in [0.15, 0.2) is 15.0 Å². The van der Waals surface area contributed by atoms with Crippen molar-refractivity contribution in [1.82, 2.24) is 15.2 Å². The van der Waals surface area contributed by atoms with E-state index in [9.17, 15) is 22.4 Å². The second-order valence-electron chi connectivity index (χ2n) is 6.27. The summed E-state index contributed by atoms with van der Waals surface area (Å²) in [5, 5.41) is 5.43. The zero-order valence-electron chi connectivity index (χ0n) is 15.9. The Morgan fingerprint density at radius 2 is 1.96 bits per heavy atom. The monoisotopic (exact) mass is 428 g/mol. The number of urea groups is 1. The second kappa shape index (κ2) is 8.65. The molecule has 28 heavy (non-hydrogen) atoms. The third kappa shape index (κ3) is 5.49. The lowest BCUT2D eigenvalue weighted by atomic mass is 10.1. The van der Waals surface area contributed by atoms with Crippen LogP contribution in [0.1, 0.15) is 12.1 Å². The van der Waals surface area contributed by atoms with E-state index in [4.69, 9.17) is 0 Å². The number of aryl methyl sites for hydroxylation is 1. The highest BCUT2D eigenvalue weighted by Crippen LogP contribution is 2.34. The van der Waals surface area contributed by atoms with Crippen molar-refractivity contribution >= 4 is 38.2 Å². The second-order valence-corrected chi connectivity index (χ2v) is 9.25. The predicted molar refractivity (Wildman–Crippen MR) is 106 cm³/mol. The first-order valence-corrected chi connectivity index (χ1v) is 10.9. The summed E-state index contributed by atoms with van der Waals surface area (Å²) < 4.78 is 37.2. The molecule has 0 aliphatic heterocycles. The van der Waals surface area contributed by atoms with Gasteiger partial charge in [0.2, 0.25) is 5.91 Å². The standard InChI is InChI=1S/C17H21FN4O4S2/c1-10-15(11-5-6-13(12(18)9-11)28(4,25)26)27-17(20-10)21-16(24)19-8-7-14(23)22(2)3/h5-6,9H,7-8H2,1-4H3,(H2,19,20,21,24). The molecule has 0 aliphatic carbocycles. The third-order valence-corrected chi connectivity index (χ3v) is 5.99. The number of sulfone groups is 1. The van der Waals surface area contributed by atoms with Crippen LogP contribution in [0.4, 0.5) is 14.3 Å². The Morgan fingerprint density at radius 1 is 1.29 bits per heavy atom. The van der Waals surface area contributed by atoms with E-state index in [1.807, 2.05) is 0 Å². The number of hydrogen-bond donors (Lipinski definition) is 2. The Bertz CT molecular complexity index is 1000. The minimum atomic E-state index is -3.65. The van der Waals surface area contributed by atoms with Crippen LogP contribution in [0.25, 0.3) is 10.4 Å². The summed E-state index contributed by atoms with van der Waals surface area (Å²) in [5.41, 5.74) is 1.03. The maximum absolute atomic E-state index is 14.1. The van der Waals surface area contributed by atoms with Crippen molar-refractivity contribution in [2.24, 2.45) is 0 Å². The summed E-state index contributed by atoms with van der Waals surface area (Å²) in [6.07, 6.45) is 1.12. The molecule has 2 rings (SSSR count). The molecule has 2 aromatic rings. The molecule has 0 bridgehead atoms. The first-order chi connectivity index (χ1) is 13.0. The summed E-state index contributed by atoms with van der Waals surface area (Å²) in [6.45, 7) is 1.88. The van der Waals surface area contributed by atoms with Crippen LogP contribution in [0.3, 0.4) is 0 Å². The van der Waals surface area contributed by atoms with Crippen LogP contribution in [-0.4, -0.2) is 57.1 Å². The average Bonchev–Trinajstić information content (AvgIpc) is 2.93. The van der Waals surface area contributed by atoms with Gasteiger partial charge in [-0.1, -0.05) is 17.4 Å². The van der Waals surface area contributed by atoms with E-state index >= 15 is 0 Å². The van der Waals surface area contributed by atoms with Crippen LogP contribution in [0, 0.1) is 12.7 Å². The lowest BCUT2D eigenvalue weighted by Gasteiger charge is -2.10. The highest BCUT2D eigenvalue weighted by atomic mass is 32.2. The number of nitrogens with zero attached hydrogens (tertiary/aromatic N) is 2. The van der Waals surface area contributed by atoms with Gasteiger partial charge < -0.3 is 10.2 Å². The van der Waals surface area contributed by atoms with Crippen LogP contribution >= 0.6 is 11.3 Å². The molecule has 8 nitrogen and oxygen atoms in total. The summed E-state index contributed by atoms with van der Waals surface area (Å²) in [4.78, 5) is 29.3. The van der Waals surface area contributed by atoms with Gasteiger partial charge in [-0.15, -0.1) is 0 Å². The van der Waals surface area contributed by atoms with E-state index in [1.54, 1.807) is 21.0 Å². The molecule has 0 unspecified atom stereocenters. The number of halogens is 1. The van der Waals surface area contributed by atoms with Crippen molar-refractivity contribution < 1.29 is 22.4 Å². The van der Waals surface area contributed by atoms with Gasteiger partial charge in [0.05, 0.1) is 10.6 Å². The number of benzene rings is 1. The Labute approximate surface area is 166 Å². The molecule has 0 saturated carbocycles. The summed E-state index contributed by atoms with van der Waals surface area (Å²) in [7, 11) is -0.388. The Morgan fingerprint density at radius 3 is 2.54 bits per heavy atom. The number of carbonyl (C=O) groups excluding carboxylic acids is 2. The molecule has 0 spiro atoms. The zero-order chi connectivity index (χ0) is 21.1. The highest BCUT2D eigenvalue weighted by molar-refractivity contribution is 7.90. The molecule has 0 saturated heterocycles. The molecule has 1 aromatic carbocycles. The smallest absolute Gasteiger partial charge is 0.321 e. The normalized spacial score (nSPS) is 11.2. The number of nitrogens with one attached hydrogen (secondary N) is 2. The zero-order valence-corrected chi connectivity index (χ0v) is 17.5. The third-order valence-electron chi connectivity index (χ3n) is 3.73. The molecule has 0 fully saturated rings. The first-order valence-electron chi connectivity index (χ1n) is 8.21. The number of amides is 3. The van der Waals surface area contributed by atoms with E-state index in [0.717, 1.165) is 23.7 Å². The van der Waals surface area contributed by atoms with Crippen LogP contribution in [0.2, 0.25) is 0 Å². The Balaban J connectivity index is 2.08. The Hall–Kier alpha value is -2.53. The van der Waals surface area contributed by atoms with Gasteiger partial charge in [0.25, 0.3) is 0 Å². The summed E-state index contributed by atoms with van der Waals surface area (Å²) in [6, 6.07) is 3.33. The number of aromatic nitrogens is 1. The molecule has 3 amide bonds. The molecule has 2 N–H and O–H groups in total. The molecule has 11 heteroatoms. The fraction of sp³-hybridized carbons (Fsp3) is 0.353. The van der Waals surface area contributed by atoms with Gasteiger partial charge in [-0.3, -0.25) is 10.1 Å². The molecule has 1 heterocycles. The van der Waals surface area contributed by atoms with Gasteiger partial charge in [-0.25, -0.2) is 22.6 Å². The highest BCUT2D eigenvalue weighted by Gasteiger charge is 2.17. The van der Waals surface area contributed by atoms with Crippen LogP contribution in [-0.2, 0) is 14.6 Å². The van der Waals surface area contributed by atoms with E-state index in [-0.39, 0.29) is 23.8 Å². The van der Waals surface area contributed by atoms with Crippen LogP contribution < -0.4 is 10.6 Å². The number of carbonyl (C=O) groups is 2. The summed E-state index contributed by atoms with van der Waals surface area (Å²) in [5.74, 6) is -0.946. The lowest BCUT2D eigenvalue weighted by Crippen LogP contribution is -2.33. The Kier molecular flexibility index (Phi) is 6.73. The fourth-order valence-electron chi connectivity index (χ4n) is 2.31. The molecule has 0 radical (unpaired) electrons. The van der Waals surface area contributed by atoms with Gasteiger partial charge in [-0.2, -0.15) is 0 Å². The van der Waals surface area contributed by atoms with E-state index in [1.165, 1.54) is 17.0 Å². The van der Waals surface area contributed by atoms with Crippen LogP contribution in [0.5, 0.6) is 0 Å². The molecule has 152 valence electrons. The van der Waals surface area contributed by atoms with E-state index in [2.05, 4.69) is 15.6 Å². The van der Waals surface area contributed by atoms with E-state index in [0.29, 0.717) is 21.3 Å². The molecular weight excluding hydrogens is 407 g/mol. The van der Waals surface area contributed by atoms with Crippen molar-refractivity contribution in [3.63, 3.8) is 0 Å². The number of thiazole rings is 1. The maximum atomic E-state index is 14.1. The number of anilines is 1. The van der Waals surface area contributed by atoms with Crippen LogP contribution in [0.15, 0.2) is 23.1 Å². The fourth-order valence-corrected chi connectivity index (χ4v) is 3.99. The minimum absolute atomic E-state index is 0.104. The average molecular weight is 429 g/mol. The SMILES string of the molecule is Cc1nc(NC(=O)NCCC(=O)N(C)C)sc1-c1ccc(S(C)(=O)=O)c(F)c1. The van der Waals surface area contributed by atoms with Crippen molar-refractivity contribution in [2.45, 2.75) is 18.2 Å². The van der Waals surface area contributed by atoms with Gasteiger partial charge >= 0.3 is 6.03 Å². The minimum Gasteiger partial charge on any atom is -0.349 e. The topological polar surface area (TPSA) is 108 Å². The van der Waals surface area contributed by atoms with Crippen molar-refractivity contribution in [3.05, 3.63) is 29.7 Å². The van der Waals surface area contributed by atoms with Crippen molar-refractivity contribution in [1.29, 1.82) is 0 Å². The first kappa shape index (κ1) is 21.8. The maximum Gasteiger partial charge on any atom is 0.321 e. The van der Waals surface area contributed by atoms with Gasteiger partial charge in [0.1, 0.15) is 10.7 Å².